The van der Waals surface area contributed by atoms with Crippen LogP contribution in [0.2, 0.25) is 0 Å². The van der Waals surface area contributed by atoms with Gasteiger partial charge in [0.1, 0.15) is 16.9 Å². The average molecular weight is 307 g/mol. The van der Waals surface area contributed by atoms with Crippen LogP contribution in [0.25, 0.3) is 11.0 Å². The first-order chi connectivity index (χ1) is 11.1. The van der Waals surface area contributed by atoms with Crippen LogP contribution in [-0.2, 0) is 0 Å². The highest BCUT2D eigenvalue weighted by Gasteiger charge is 2.11. The van der Waals surface area contributed by atoms with Crippen molar-refractivity contribution >= 4 is 28.7 Å². The quantitative estimate of drug-likeness (QED) is 0.456. The van der Waals surface area contributed by atoms with E-state index in [1.165, 1.54) is 13.1 Å². The highest BCUT2D eigenvalue weighted by molar-refractivity contribution is 5.96. The highest BCUT2D eigenvalue weighted by atomic mass is 16.4. The molecule has 5 nitrogen and oxygen atoms in total. The predicted octanol–water partition coefficient (Wildman–Crippen LogP) is 3.45. The van der Waals surface area contributed by atoms with Crippen LogP contribution >= 0.6 is 0 Å². The molecule has 1 aromatic heterocycles. The van der Waals surface area contributed by atoms with E-state index in [9.17, 15) is 14.7 Å². The molecular weight excluding hydrogens is 294 g/mol. The first-order valence-corrected chi connectivity index (χ1v) is 6.96. The molecule has 0 amide bonds. The topological polar surface area (TPSA) is 79.9 Å². The van der Waals surface area contributed by atoms with Crippen molar-refractivity contribution in [3.05, 3.63) is 70.1 Å². The summed E-state index contributed by atoms with van der Waals surface area (Å²) in [5.41, 5.74) is 0.634. The molecule has 0 saturated heterocycles. The lowest BCUT2D eigenvalue weighted by Gasteiger charge is -2.02. The maximum Gasteiger partial charge on any atom is 0.348 e. The second-order valence-electron chi connectivity index (χ2n) is 5.01. The van der Waals surface area contributed by atoms with E-state index in [1.807, 2.05) is 0 Å². The molecule has 0 unspecified atom stereocenters. The van der Waals surface area contributed by atoms with Crippen LogP contribution in [0.15, 0.2) is 62.7 Å². The molecule has 0 saturated carbocycles. The number of hydrogen-bond donors (Lipinski definition) is 1. The number of ketones is 1. The zero-order chi connectivity index (χ0) is 16.4. The molecule has 2 aromatic carbocycles. The van der Waals surface area contributed by atoms with Gasteiger partial charge in [-0.15, -0.1) is 0 Å². The molecule has 1 heterocycles. The first kappa shape index (κ1) is 14.7. The van der Waals surface area contributed by atoms with E-state index < -0.39 is 5.63 Å². The summed E-state index contributed by atoms with van der Waals surface area (Å²) in [5.74, 6) is -0.251. The zero-order valence-electron chi connectivity index (χ0n) is 12.3. The molecule has 0 aliphatic carbocycles. The number of hydrogen-bond acceptors (Lipinski definition) is 5. The van der Waals surface area contributed by atoms with E-state index in [4.69, 9.17) is 4.42 Å². The Labute approximate surface area is 131 Å². The highest BCUT2D eigenvalue weighted by Crippen LogP contribution is 2.25. The molecule has 0 aliphatic rings. The molecule has 0 radical (unpaired) electrons. The lowest BCUT2D eigenvalue weighted by Crippen LogP contribution is -2.06. The van der Waals surface area contributed by atoms with Gasteiger partial charge in [-0.05, 0) is 31.2 Å². The number of benzene rings is 2. The van der Waals surface area contributed by atoms with E-state index in [0.29, 0.717) is 22.2 Å². The standard InChI is InChI=1S/C18H13NO4/c1-11(20)12-5-4-6-13(9-12)19-10-15-17(21)14-7-2-3-8-16(14)23-18(15)22/h2-10,21H,1H3. The number of carbonyl (C=O) groups excluding carboxylic acids is 1. The van der Waals surface area contributed by atoms with Crippen molar-refractivity contribution in [1.82, 2.24) is 0 Å². The fourth-order valence-electron chi connectivity index (χ4n) is 2.21. The molecule has 0 spiro atoms. The number of aliphatic imine (C=N–C) groups is 1. The summed E-state index contributed by atoms with van der Waals surface area (Å²) in [6.07, 6.45) is 1.24. The van der Waals surface area contributed by atoms with Crippen molar-refractivity contribution in [2.75, 3.05) is 0 Å². The van der Waals surface area contributed by atoms with Crippen molar-refractivity contribution in [2.45, 2.75) is 6.92 Å². The van der Waals surface area contributed by atoms with Crippen molar-refractivity contribution < 1.29 is 14.3 Å². The van der Waals surface area contributed by atoms with Gasteiger partial charge in [-0.3, -0.25) is 9.79 Å². The van der Waals surface area contributed by atoms with Crippen molar-refractivity contribution in [2.24, 2.45) is 4.99 Å². The third-order valence-electron chi connectivity index (χ3n) is 3.42. The molecule has 23 heavy (non-hydrogen) atoms. The van der Waals surface area contributed by atoms with E-state index in [1.54, 1.807) is 48.5 Å². The van der Waals surface area contributed by atoms with Gasteiger partial charge in [0.2, 0.25) is 0 Å². The molecule has 5 heteroatoms. The van der Waals surface area contributed by atoms with E-state index in [-0.39, 0.29) is 17.1 Å². The number of nitrogens with zero attached hydrogens (tertiary/aromatic N) is 1. The van der Waals surface area contributed by atoms with Crippen molar-refractivity contribution in [3.63, 3.8) is 0 Å². The molecular formula is C18H13NO4. The van der Waals surface area contributed by atoms with Gasteiger partial charge in [-0.2, -0.15) is 0 Å². The van der Waals surface area contributed by atoms with Crippen LogP contribution in [0, 0.1) is 0 Å². The maximum absolute atomic E-state index is 12.0. The molecule has 3 rings (SSSR count). The number of fused-ring (bicyclic) bond motifs is 1. The van der Waals surface area contributed by atoms with Crippen LogP contribution in [-0.4, -0.2) is 17.1 Å². The molecule has 0 atom stereocenters. The Morgan fingerprint density at radius 1 is 1.17 bits per heavy atom. The summed E-state index contributed by atoms with van der Waals surface area (Å²) in [7, 11) is 0. The Morgan fingerprint density at radius 3 is 2.74 bits per heavy atom. The predicted molar refractivity (Wildman–Crippen MR) is 87.8 cm³/mol. The number of aromatic hydroxyl groups is 1. The lowest BCUT2D eigenvalue weighted by atomic mass is 10.1. The number of carbonyl (C=O) groups is 1. The van der Waals surface area contributed by atoms with Gasteiger partial charge in [-0.25, -0.2) is 4.79 Å². The minimum absolute atomic E-state index is 0.0306. The Hall–Kier alpha value is -3.21. The minimum atomic E-state index is -0.673. The van der Waals surface area contributed by atoms with Crippen LogP contribution in [0.1, 0.15) is 22.8 Å². The number of para-hydroxylation sites is 1. The maximum atomic E-state index is 12.0. The smallest absolute Gasteiger partial charge is 0.348 e. The van der Waals surface area contributed by atoms with Crippen LogP contribution in [0.4, 0.5) is 5.69 Å². The van der Waals surface area contributed by atoms with Gasteiger partial charge in [0.15, 0.2) is 5.78 Å². The van der Waals surface area contributed by atoms with Gasteiger partial charge in [-0.1, -0.05) is 24.3 Å². The molecule has 3 aromatic rings. The molecule has 114 valence electrons. The normalized spacial score (nSPS) is 11.2. The second kappa shape index (κ2) is 5.88. The largest absolute Gasteiger partial charge is 0.506 e. The van der Waals surface area contributed by atoms with Gasteiger partial charge >= 0.3 is 5.63 Å². The summed E-state index contributed by atoms with van der Waals surface area (Å²) in [4.78, 5) is 27.5. The van der Waals surface area contributed by atoms with Crippen LogP contribution in [0.5, 0.6) is 5.75 Å². The average Bonchev–Trinajstić information content (AvgIpc) is 2.55. The summed E-state index contributed by atoms with van der Waals surface area (Å²) in [6.45, 7) is 1.46. The van der Waals surface area contributed by atoms with E-state index in [2.05, 4.69) is 4.99 Å². The monoisotopic (exact) mass is 307 g/mol. The van der Waals surface area contributed by atoms with Crippen molar-refractivity contribution in [3.8, 4) is 5.75 Å². The van der Waals surface area contributed by atoms with Gasteiger partial charge in [0.05, 0.1) is 11.1 Å². The van der Waals surface area contributed by atoms with E-state index >= 15 is 0 Å². The third kappa shape index (κ3) is 2.89. The third-order valence-corrected chi connectivity index (χ3v) is 3.42. The van der Waals surface area contributed by atoms with Crippen molar-refractivity contribution in [1.29, 1.82) is 0 Å². The molecule has 1 N–H and O–H groups in total. The zero-order valence-corrected chi connectivity index (χ0v) is 12.3. The Bertz CT molecular complexity index is 986. The minimum Gasteiger partial charge on any atom is -0.506 e. The summed E-state index contributed by atoms with van der Waals surface area (Å²) < 4.78 is 5.16. The fourth-order valence-corrected chi connectivity index (χ4v) is 2.21. The molecule has 0 fully saturated rings. The van der Waals surface area contributed by atoms with Crippen LogP contribution in [0.3, 0.4) is 0 Å². The first-order valence-electron chi connectivity index (χ1n) is 6.96. The number of rotatable bonds is 3. The van der Waals surface area contributed by atoms with Gasteiger partial charge in [0.25, 0.3) is 0 Å². The Morgan fingerprint density at radius 2 is 1.96 bits per heavy atom. The summed E-state index contributed by atoms with van der Waals surface area (Å²) >= 11 is 0. The Balaban J connectivity index is 2.06. The lowest BCUT2D eigenvalue weighted by molar-refractivity contribution is 0.101. The fraction of sp³-hybridized carbons (Fsp3) is 0.0556. The summed E-state index contributed by atoms with van der Waals surface area (Å²) in [6, 6.07) is 13.4. The summed E-state index contributed by atoms with van der Waals surface area (Å²) in [5, 5.41) is 10.7. The van der Waals surface area contributed by atoms with Gasteiger partial charge in [0, 0.05) is 11.8 Å². The van der Waals surface area contributed by atoms with Gasteiger partial charge < -0.3 is 9.52 Å². The second-order valence-corrected chi connectivity index (χ2v) is 5.01. The SMILES string of the molecule is CC(=O)c1cccc(N=Cc2c(O)c3ccccc3oc2=O)c1. The van der Waals surface area contributed by atoms with Crippen LogP contribution < -0.4 is 5.63 Å². The van der Waals surface area contributed by atoms with E-state index in [0.717, 1.165) is 0 Å². The number of Topliss-reactive ketones (excluding diaryl/α,β-unsaturated/α-hetero) is 1. The Kier molecular flexibility index (Phi) is 3.76. The molecule has 0 aliphatic heterocycles. The molecule has 0 bridgehead atoms.